The summed E-state index contributed by atoms with van der Waals surface area (Å²) in [5.74, 6) is 0.748. The van der Waals surface area contributed by atoms with Crippen LogP contribution in [-0.2, 0) is 10.2 Å². The first-order valence-corrected chi connectivity index (χ1v) is 6.54. The summed E-state index contributed by atoms with van der Waals surface area (Å²) in [6.45, 7) is 8.11. The van der Waals surface area contributed by atoms with Crippen molar-refractivity contribution in [2.24, 2.45) is 5.92 Å². The Labute approximate surface area is 108 Å². The summed E-state index contributed by atoms with van der Waals surface area (Å²) in [5, 5.41) is 13.2. The fraction of sp³-hybridized carbons (Fsp3) is 0.692. The molecule has 1 fully saturated rings. The van der Waals surface area contributed by atoms with Crippen molar-refractivity contribution in [3.63, 3.8) is 0 Å². The SMILES string of the molecule is CC(C)(C)c1cc(NC(=O)[C@@H]2CCCNC2)n[nH]1. The van der Waals surface area contributed by atoms with Gasteiger partial charge in [0, 0.05) is 23.7 Å². The normalized spacial score (nSPS) is 20.7. The van der Waals surface area contributed by atoms with Crippen molar-refractivity contribution in [1.29, 1.82) is 0 Å². The molecule has 0 radical (unpaired) electrons. The number of H-pyrrole nitrogens is 1. The molecule has 3 N–H and O–H groups in total. The second kappa shape index (κ2) is 5.10. The number of carbonyl (C=O) groups is 1. The van der Waals surface area contributed by atoms with Gasteiger partial charge in [-0.25, -0.2) is 0 Å². The molecule has 0 aliphatic carbocycles. The van der Waals surface area contributed by atoms with Crippen LogP contribution in [0.4, 0.5) is 5.82 Å². The molecule has 1 amide bonds. The third-order valence-electron chi connectivity index (χ3n) is 3.30. The van der Waals surface area contributed by atoms with Gasteiger partial charge in [0.25, 0.3) is 0 Å². The van der Waals surface area contributed by atoms with Crippen LogP contribution in [0.25, 0.3) is 0 Å². The van der Waals surface area contributed by atoms with Crippen molar-refractivity contribution in [3.05, 3.63) is 11.8 Å². The van der Waals surface area contributed by atoms with Crippen LogP contribution in [0.15, 0.2) is 6.07 Å². The molecule has 1 saturated heterocycles. The quantitative estimate of drug-likeness (QED) is 0.747. The monoisotopic (exact) mass is 250 g/mol. The van der Waals surface area contributed by atoms with Crippen molar-refractivity contribution in [1.82, 2.24) is 15.5 Å². The summed E-state index contributed by atoms with van der Waals surface area (Å²) >= 11 is 0. The minimum atomic E-state index is 0.0162. The highest BCUT2D eigenvalue weighted by Gasteiger charge is 2.22. The zero-order valence-electron chi connectivity index (χ0n) is 11.3. The minimum absolute atomic E-state index is 0.0162. The van der Waals surface area contributed by atoms with E-state index in [0.29, 0.717) is 5.82 Å². The third-order valence-corrected chi connectivity index (χ3v) is 3.30. The predicted octanol–water partition coefficient (Wildman–Crippen LogP) is 1.65. The molecule has 1 aliphatic heterocycles. The van der Waals surface area contributed by atoms with Gasteiger partial charge >= 0.3 is 0 Å². The molecule has 2 rings (SSSR count). The Morgan fingerprint density at radius 1 is 1.50 bits per heavy atom. The molecule has 18 heavy (non-hydrogen) atoms. The van der Waals surface area contributed by atoms with Gasteiger partial charge in [-0.3, -0.25) is 9.89 Å². The van der Waals surface area contributed by atoms with E-state index in [9.17, 15) is 4.79 Å². The van der Waals surface area contributed by atoms with E-state index < -0.39 is 0 Å². The molecule has 0 aromatic carbocycles. The molecular formula is C13H22N4O. The van der Waals surface area contributed by atoms with Crippen molar-refractivity contribution in [2.75, 3.05) is 18.4 Å². The fourth-order valence-electron chi connectivity index (χ4n) is 2.07. The topological polar surface area (TPSA) is 69.8 Å². The zero-order valence-corrected chi connectivity index (χ0v) is 11.3. The maximum absolute atomic E-state index is 12.0. The van der Waals surface area contributed by atoms with Gasteiger partial charge in [0.2, 0.25) is 5.91 Å². The molecular weight excluding hydrogens is 228 g/mol. The Morgan fingerprint density at radius 3 is 2.83 bits per heavy atom. The highest BCUT2D eigenvalue weighted by Crippen LogP contribution is 2.22. The molecule has 5 heteroatoms. The van der Waals surface area contributed by atoms with E-state index in [1.807, 2.05) is 6.07 Å². The maximum atomic E-state index is 12.0. The number of carbonyl (C=O) groups excluding carboxylic acids is 1. The smallest absolute Gasteiger partial charge is 0.229 e. The lowest BCUT2D eigenvalue weighted by atomic mass is 9.92. The Kier molecular flexibility index (Phi) is 3.71. The molecule has 0 bridgehead atoms. The van der Waals surface area contributed by atoms with E-state index in [-0.39, 0.29) is 17.2 Å². The van der Waals surface area contributed by atoms with E-state index in [1.54, 1.807) is 0 Å². The van der Waals surface area contributed by atoms with Crippen molar-refractivity contribution < 1.29 is 4.79 Å². The van der Waals surface area contributed by atoms with Gasteiger partial charge in [0.05, 0.1) is 5.92 Å². The molecule has 1 aliphatic rings. The molecule has 2 heterocycles. The van der Waals surface area contributed by atoms with Gasteiger partial charge in [-0.2, -0.15) is 5.10 Å². The highest BCUT2D eigenvalue weighted by atomic mass is 16.2. The highest BCUT2D eigenvalue weighted by molar-refractivity contribution is 5.91. The molecule has 1 atom stereocenters. The van der Waals surface area contributed by atoms with Gasteiger partial charge in [0.1, 0.15) is 0 Å². The minimum Gasteiger partial charge on any atom is -0.316 e. The molecule has 0 unspecified atom stereocenters. The van der Waals surface area contributed by atoms with Crippen LogP contribution in [0.1, 0.15) is 39.3 Å². The third kappa shape index (κ3) is 3.10. The molecule has 100 valence electrons. The molecule has 0 saturated carbocycles. The van der Waals surface area contributed by atoms with Crippen molar-refractivity contribution >= 4 is 11.7 Å². The second-order valence-electron chi connectivity index (χ2n) is 5.95. The number of aromatic nitrogens is 2. The van der Waals surface area contributed by atoms with Crippen LogP contribution in [-0.4, -0.2) is 29.2 Å². The Morgan fingerprint density at radius 2 is 2.28 bits per heavy atom. The molecule has 0 spiro atoms. The van der Waals surface area contributed by atoms with Gasteiger partial charge in [0.15, 0.2) is 5.82 Å². The summed E-state index contributed by atoms with van der Waals surface area (Å²) in [7, 11) is 0. The van der Waals surface area contributed by atoms with Crippen molar-refractivity contribution in [3.8, 4) is 0 Å². The second-order valence-corrected chi connectivity index (χ2v) is 5.95. The number of piperidine rings is 1. The summed E-state index contributed by atoms with van der Waals surface area (Å²) < 4.78 is 0. The number of anilines is 1. The average Bonchev–Trinajstić information content (AvgIpc) is 2.78. The van der Waals surface area contributed by atoms with Gasteiger partial charge < -0.3 is 10.6 Å². The number of nitrogens with one attached hydrogen (secondary N) is 3. The molecule has 1 aromatic rings. The first-order valence-electron chi connectivity index (χ1n) is 6.54. The van der Waals surface area contributed by atoms with Crippen LogP contribution < -0.4 is 10.6 Å². The number of hydrogen-bond acceptors (Lipinski definition) is 3. The van der Waals surface area contributed by atoms with E-state index in [4.69, 9.17) is 0 Å². The lowest BCUT2D eigenvalue weighted by Gasteiger charge is -2.21. The number of hydrogen-bond donors (Lipinski definition) is 3. The first kappa shape index (κ1) is 13.1. The number of amides is 1. The predicted molar refractivity (Wildman–Crippen MR) is 71.5 cm³/mol. The van der Waals surface area contributed by atoms with Crippen LogP contribution in [0.2, 0.25) is 0 Å². The Bertz CT molecular complexity index is 413. The fourth-order valence-corrected chi connectivity index (χ4v) is 2.07. The first-order chi connectivity index (χ1) is 8.47. The van der Waals surface area contributed by atoms with E-state index in [2.05, 4.69) is 41.6 Å². The number of rotatable bonds is 2. The molecule has 5 nitrogen and oxygen atoms in total. The Hall–Kier alpha value is -1.36. The van der Waals surface area contributed by atoms with Gasteiger partial charge in [-0.15, -0.1) is 0 Å². The van der Waals surface area contributed by atoms with Crippen molar-refractivity contribution in [2.45, 2.75) is 39.0 Å². The number of nitrogens with zero attached hydrogens (tertiary/aromatic N) is 1. The summed E-state index contributed by atoms with van der Waals surface area (Å²) in [6.07, 6.45) is 2.02. The zero-order chi connectivity index (χ0) is 13.2. The lowest BCUT2D eigenvalue weighted by Crippen LogP contribution is -2.37. The van der Waals surface area contributed by atoms with E-state index in [1.165, 1.54) is 0 Å². The summed E-state index contributed by atoms with van der Waals surface area (Å²) in [6, 6.07) is 1.91. The van der Waals surface area contributed by atoms with Gasteiger partial charge in [-0.1, -0.05) is 20.8 Å². The lowest BCUT2D eigenvalue weighted by molar-refractivity contribution is -0.120. The summed E-state index contributed by atoms with van der Waals surface area (Å²) in [4.78, 5) is 12.0. The largest absolute Gasteiger partial charge is 0.316 e. The van der Waals surface area contributed by atoms with Crippen LogP contribution in [0.5, 0.6) is 0 Å². The van der Waals surface area contributed by atoms with Gasteiger partial charge in [-0.05, 0) is 19.4 Å². The van der Waals surface area contributed by atoms with E-state index >= 15 is 0 Å². The standard InChI is InChI=1S/C13H22N4O/c1-13(2,3)10-7-11(17-16-10)15-12(18)9-5-4-6-14-8-9/h7,9,14H,4-6,8H2,1-3H3,(H2,15,16,17,18)/t9-/m1/s1. The summed E-state index contributed by atoms with van der Waals surface area (Å²) in [5.41, 5.74) is 1.04. The van der Waals surface area contributed by atoms with Crippen LogP contribution in [0.3, 0.4) is 0 Å². The van der Waals surface area contributed by atoms with Crippen LogP contribution in [0, 0.1) is 5.92 Å². The Balaban J connectivity index is 1.96. The maximum Gasteiger partial charge on any atom is 0.229 e. The van der Waals surface area contributed by atoms with Crippen LogP contribution >= 0.6 is 0 Å². The van der Waals surface area contributed by atoms with E-state index in [0.717, 1.165) is 31.6 Å². The number of aromatic amines is 1. The molecule has 1 aromatic heterocycles. The average molecular weight is 250 g/mol.